The lowest BCUT2D eigenvalue weighted by atomic mass is 10.3. The van der Waals surface area contributed by atoms with Gasteiger partial charge in [0.05, 0.1) is 0 Å². The lowest BCUT2D eigenvalue weighted by Crippen LogP contribution is -2.54. The van der Waals surface area contributed by atoms with Gasteiger partial charge in [0.15, 0.2) is 0 Å². The van der Waals surface area contributed by atoms with E-state index >= 15 is 0 Å². The van der Waals surface area contributed by atoms with E-state index in [0.717, 1.165) is 0 Å². The molecule has 1 aliphatic rings. The summed E-state index contributed by atoms with van der Waals surface area (Å²) in [7, 11) is -5.14. The van der Waals surface area contributed by atoms with Crippen LogP contribution in [0.1, 0.15) is 6.92 Å². The van der Waals surface area contributed by atoms with E-state index in [1.54, 1.807) is 6.92 Å². The lowest BCUT2D eigenvalue weighted by molar-refractivity contribution is -0.0494. The van der Waals surface area contributed by atoms with Crippen molar-refractivity contribution >= 4 is 10.0 Å². The third kappa shape index (κ3) is 2.18. The number of hydrogen-bond donors (Lipinski definition) is 1. The third-order valence-corrected chi connectivity index (χ3v) is 3.56. The van der Waals surface area contributed by atoms with Crippen LogP contribution in [0.4, 0.5) is 13.2 Å². The molecule has 84 valence electrons. The largest absolute Gasteiger partial charge is 0.511 e. The number of nitrogens with one attached hydrogen (secondary N) is 1. The summed E-state index contributed by atoms with van der Waals surface area (Å²) in [6.45, 7) is 1.61. The van der Waals surface area contributed by atoms with Crippen LogP contribution in [0.2, 0.25) is 0 Å². The van der Waals surface area contributed by atoms with E-state index in [2.05, 4.69) is 5.32 Å². The molecule has 0 aliphatic carbocycles. The molecule has 0 unspecified atom stereocenters. The normalized spacial score (nSPS) is 26.4. The molecule has 1 atom stereocenters. The number of piperazine rings is 1. The van der Waals surface area contributed by atoms with Gasteiger partial charge >= 0.3 is 15.5 Å². The summed E-state index contributed by atoms with van der Waals surface area (Å²) in [5.74, 6) is 0. The zero-order valence-corrected chi connectivity index (χ0v) is 8.32. The summed E-state index contributed by atoms with van der Waals surface area (Å²) in [6, 6.07) is -0.249. The van der Waals surface area contributed by atoms with E-state index in [0.29, 0.717) is 4.31 Å². The smallest absolute Gasteiger partial charge is 0.312 e. The Morgan fingerprint density at radius 2 is 2.00 bits per heavy atom. The molecule has 1 heterocycles. The summed E-state index contributed by atoms with van der Waals surface area (Å²) in [4.78, 5) is 0. The first-order chi connectivity index (χ1) is 6.25. The second-order valence-corrected chi connectivity index (χ2v) is 5.09. The van der Waals surface area contributed by atoms with Gasteiger partial charge in [-0.3, -0.25) is 0 Å². The number of rotatable bonds is 1. The van der Waals surface area contributed by atoms with E-state index in [-0.39, 0.29) is 25.7 Å². The molecule has 0 aromatic rings. The Morgan fingerprint density at radius 3 is 2.43 bits per heavy atom. The molecular formula is C6H11F3N2O2S. The number of halogens is 3. The Morgan fingerprint density at radius 1 is 1.43 bits per heavy atom. The molecule has 1 aliphatic heterocycles. The van der Waals surface area contributed by atoms with Crippen LogP contribution >= 0.6 is 0 Å². The Hall–Kier alpha value is -0.340. The molecule has 1 saturated heterocycles. The van der Waals surface area contributed by atoms with E-state index in [1.165, 1.54) is 0 Å². The van der Waals surface area contributed by atoms with Crippen molar-refractivity contribution in [2.45, 2.75) is 18.5 Å². The van der Waals surface area contributed by atoms with E-state index in [4.69, 9.17) is 0 Å². The fourth-order valence-corrected chi connectivity index (χ4v) is 2.31. The van der Waals surface area contributed by atoms with Crippen molar-refractivity contribution in [3.05, 3.63) is 0 Å². The highest BCUT2D eigenvalue weighted by molar-refractivity contribution is 7.90. The van der Waals surface area contributed by atoms with Gasteiger partial charge in [0.2, 0.25) is 0 Å². The van der Waals surface area contributed by atoms with E-state index in [1.807, 2.05) is 0 Å². The van der Waals surface area contributed by atoms with Crippen LogP contribution in [0, 0.1) is 0 Å². The van der Waals surface area contributed by atoms with Gasteiger partial charge in [0.1, 0.15) is 0 Å². The molecule has 0 aromatic heterocycles. The summed E-state index contributed by atoms with van der Waals surface area (Å²) in [5, 5.41) is 2.86. The summed E-state index contributed by atoms with van der Waals surface area (Å²) in [6.07, 6.45) is 0. The van der Waals surface area contributed by atoms with Crippen molar-refractivity contribution in [3.63, 3.8) is 0 Å². The number of alkyl halides is 3. The van der Waals surface area contributed by atoms with Crippen molar-refractivity contribution in [2.24, 2.45) is 0 Å². The first kappa shape index (κ1) is 11.7. The SMILES string of the molecule is C[C@@H]1CN(S(=O)(=O)C(F)(F)F)CCN1. The highest BCUT2D eigenvalue weighted by atomic mass is 32.2. The predicted octanol–water partition coefficient (Wildman–Crippen LogP) is 0.130. The monoisotopic (exact) mass is 232 g/mol. The maximum atomic E-state index is 12.1. The van der Waals surface area contributed by atoms with Gasteiger partial charge in [-0.05, 0) is 6.92 Å². The zero-order valence-electron chi connectivity index (χ0n) is 7.50. The van der Waals surface area contributed by atoms with Crippen LogP contribution < -0.4 is 5.32 Å². The van der Waals surface area contributed by atoms with Gasteiger partial charge in [0, 0.05) is 25.7 Å². The van der Waals surface area contributed by atoms with Gasteiger partial charge < -0.3 is 5.32 Å². The van der Waals surface area contributed by atoms with Gasteiger partial charge in [0.25, 0.3) is 0 Å². The molecular weight excluding hydrogens is 221 g/mol. The fraction of sp³-hybridized carbons (Fsp3) is 1.00. The maximum absolute atomic E-state index is 12.1. The van der Waals surface area contributed by atoms with Crippen LogP contribution in [0.25, 0.3) is 0 Å². The second-order valence-electron chi connectivity index (χ2n) is 3.16. The molecule has 1 N–H and O–H groups in total. The summed E-state index contributed by atoms with van der Waals surface area (Å²) in [5.41, 5.74) is -5.19. The van der Waals surface area contributed by atoms with Crippen molar-refractivity contribution in [3.8, 4) is 0 Å². The van der Waals surface area contributed by atoms with Crippen LogP contribution in [0.15, 0.2) is 0 Å². The van der Waals surface area contributed by atoms with Crippen molar-refractivity contribution in [1.29, 1.82) is 0 Å². The minimum Gasteiger partial charge on any atom is -0.312 e. The third-order valence-electron chi connectivity index (χ3n) is 1.96. The minimum absolute atomic E-state index is 0.133. The molecule has 8 heteroatoms. The Bertz CT molecular complexity index is 301. The van der Waals surface area contributed by atoms with Crippen LogP contribution in [-0.4, -0.2) is 43.9 Å². The molecule has 1 fully saturated rings. The molecule has 0 bridgehead atoms. The topological polar surface area (TPSA) is 49.4 Å². The first-order valence-corrected chi connectivity index (χ1v) is 5.49. The number of nitrogens with zero attached hydrogens (tertiary/aromatic N) is 1. The zero-order chi connectivity index (χ0) is 11.0. The Kier molecular flexibility index (Phi) is 3.07. The number of sulfonamides is 1. The van der Waals surface area contributed by atoms with Crippen molar-refractivity contribution in [1.82, 2.24) is 9.62 Å². The quantitative estimate of drug-likeness (QED) is 0.699. The van der Waals surface area contributed by atoms with Crippen LogP contribution in [0.5, 0.6) is 0 Å². The molecule has 0 amide bonds. The highest BCUT2D eigenvalue weighted by Crippen LogP contribution is 2.27. The van der Waals surface area contributed by atoms with Gasteiger partial charge in [-0.1, -0.05) is 0 Å². The summed E-state index contributed by atoms with van der Waals surface area (Å²) < 4.78 is 58.6. The minimum atomic E-state index is -5.19. The van der Waals surface area contributed by atoms with E-state index in [9.17, 15) is 21.6 Å². The van der Waals surface area contributed by atoms with Crippen LogP contribution in [0.3, 0.4) is 0 Å². The number of hydrogen-bond acceptors (Lipinski definition) is 3. The molecule has 1 rings (SSSR count). The second kappa shape index (κ2) is 3.67. The first-order valence-electron chi connectivity index (χ1n) is 4.05. The van der Waals surface area contributed by atoms with Crippen molar-refractivity contribution < 1.29 is 21.6 Å². The molecule has 0 radical (unpaired) electrons. The fourth-order valence-electron chi connectivity index (χ4n) is 1.26. The lowest BCUT2D eigenvalue weighted by Gasteiger charge is -2.31. The predicted molar refractivity (Wildman–Crippen MR) is 44.0 cm³/mol. The molecule has 0 spiro atoms. The average molecular weight is 232 g/mol. The van der Waals surface area contributed by atoms with E-state index < -0.39 is 15.5 Å². The van der Waals surface area contributed by atoms with Crippen molar-refractivity contribution in [2.75, 3.05) is 19.6 Å². The summed E-state index contributed by atoms with van der Waals surface area (Å²) >= 11 is 0. The van der Waals surface area contributed by atoms with Gasteiger partial charge in [-0.2, -0.15) is 17.5 Å². The Labute approximate surface area is 80.1 Å². The standard InChI is InChI=1S/C6H11F3N2O2S/c1-5-4-11(3-2-10-5)14(12,13)6(7,8)9/h5,10H,2-4H2,1H3/t5-/m1/s1. The van der Waals surface area contributed by atoms with Gasteiger partial charge in [-0.15, -0.1) is 0 Å². The molecule has 4 nitrogen and oxygen atoms in total. The Balaban J connectivity index is 2.83. The molecule has 0 aromatic carbocycles. The highest BCUT2D eigenvalue weighted by Gasteiger charge is 2.50. The van der Waals surface area contributed by atoms with Gasteiger partial charge in [-0.25, -0.2) is 8.42 Å². The maximum Gasteiger partial charge on any atom is 0.511 e. The molecule has 0 saturated carbocycles. The average Bonchev–Trinajstić information content (AvgIpc) is 2.02. The van der Waals surface area contributed by atoms with Crippen LogP contribution in [-0.2, 0) is 10.0 Å². The molecule has 14 heavy (non-hydrogen) atoms.